The van der Waals surface area contributed by atoms with Gasteiger partial charge >= 0.3 is 0 Å². The third-order valence-corrected chi connectivity index (χ3v) is 4.39. The van der Waals surface area contributed by atoms with Crippen molar-refractivity contribution in [3.8, 4) is 5.75 Å². The number of rotatable bonds is 5. The van der Waals surface area contributed by atoms with Crippen LogP contribution in [0.5, 0.6) is 5.75 Å². The molecule has 3 rings (SSSR count). The van der Waals surface area contributed by atoms with Crippen LogP contribution >= 0.6 is 0 Å². The van der Waals surface area contributed by atoms with Crippen LogP contribution in [0.4, 0.5) is 0 Å². The van der Waals surface area contributed by atoms with Gasteiger partial charge in [0.1, 0.15) is 11.9 Å². The van der Waals surface area contributed by atoms with Gasteiger partial charge in [0, 0.05) is 37.0 Å². The molecule has 2 aromatic heterocycles. The maximum Gasteiger partial charge on any atom is 0.141 e. The molecule has 24 heavy (non-hydrogen) atoms. The van der Waals surface area contributed by atoms with E-state index in [1.165, 1.54) is 0 Å². The van der Waals surface area contributed by atoms with E-state index in [2.05, 4.69) is 15.0 Å². The lowest BCUT2D eigenvalue weighted by molar-refractivity contribution is 0.0915. The van der Waals surface area contributed by atoms with E-state index in [1.54, 1.807) is 19.2 Å². The zero-order valence-corrected chi connectivity index (χ0v) is 13.6. The number of aliphatic hydroxyl groups is 3. The molecular formula is C16H22N4O4. The lowest BCUT2D eigenvalue weighted by Crippen LogP contribution is -2.33. The smallest absolute Gasteiger partial charge is 0.141 e. The quantitative estimate of drug-likeness (QED) is 0.600. The SMILES string of the molecule is Cc1ncc(CO)c(CN2CCn3nc([C@@H](O)CO)cc3C2)c1O. The van der Waals surface area contributed by atoms with Gasteiger partial charge in [-0.1, -0.05) is 0 Å². The second-order valence-corrected chi connectivity index (χ2v) is 6.05. The van der Waals surface area contributed by atoms with Gasteiger partial charge in [-0.25, -0.2) is 0 Å². The van der Waals surface area contributed by atoms with Crippen LogP contribution < -0.4 is 0 Å². The number of pyridine rings is 1. The number of hydrogen-bond donors (Lipinski definition) is 4. The molecule has 0 fully saturated rings. The van der Waals surface area contributed by atoms with Crippen molar-refractivity contribution in [2.75, 3.05) is 13.2 Å². The standard InChI is InChI=1S/C16H22N4O4/c1-10-16(24)13(11(8-21)5-17-10)7-19-2-3-20-12(6-19)4-14(18-20)15(23)9-22/h4-5,15,21-24H,2-3,6-9H2,1H3/t15-/m0/s1. The van der Waals surface area contributed by atoms with E-state index in [9.17, 15) is 15.3 Å². The summed E-state index contributed by atoms with van der Waals surface area (Å²) in [5, 5.41) is 42.8. The van der Waals surface area contributed by atoms with Crippen LogP contribution in [0.1, 0.15) is 34.3 Å². The van der Waals surface area contributed by atoms with Crippen LogP contribution in [-0.4, -0.2) is 53.2 Å². The van der Waals surface area contributed by atoms with E-state index in [-0.39, 0.29) is 19.0 Å². The Morgan fingerprint density at radius 2 is 2.08 bits per heavy atom. The van der Waals surface area contributed by atoms with Crippen molar-refractivity contribution in [3.05, 3.63) is 40.5 Å². The van der Waals surface area contributed by atoms with Crippen LogP contribution in [0.3, 0.4) is 0 Å². The molecule has 1 aliphatic rings. The molecule has 130 valence electrons. The minimum Gasteiger partial charge on any atom is -0.506 e. The molecule has 0 radical (unpaired) electrons. The summed E-state index contributed by atoms with van der Waals surface area (Å²) in [7, 11) is 0. The number of hydrogen-bond acceptors (Lipinski definition) is 7. The van der Waals surface area contributed by atoms with Gasteiger partial charge in [-0.15, -0.1) is 0 Å². The van der Waals surface area contributed by atoms with E-state index in [0.717, 1.165) is 12.2 Å². The van der Waals surface area contributed by atoms with Crippen LogP contribution in [0, 0.1) is 6.92 Å². The summed E-state index contributed by atoms with van der Waals surface area (Å²) >= 11 is 0. The highest BCUT2D eigenvalue weighted by molar-refractivity contribution is 5.40. The molecular weight excluding hydrogens is 312 g/mol. The Hall–Kier alpha value is -2.00. The van der Waals surface area contributed by atoms with E-state index in [0.29, 0.717) is 42.1 Å². The summed E-state index contributed by atoms with van der Waals surface area (Å²) in [4.78, 5) is 6.22. The molecule has 3 heterocycles. The third kappa shape index (κ3) is 3.13. The van der Waals surface area contributed by atoms with Gasteiger partial charge < -0.3 is 20.4 Å². The van der Waals surface area contributed by atoms with Crippen molar-refractivity contribution >= 4 is 0 Å². The average molecular weight is 334 g/mol. The summed E-state index contributed by atoms with van der Waals surface area (Å²) in [6.07, 6.45) is 0.623. The molecule has 0 saturated carbocycles. The predicted octanol–water partition coefficient (Wildman–Crippen LogP) is -0.174. The van der Waals surface area contributed by atoms with E-state index in [1.807, 2.05) is 4.68 Å². The Morgan fingerprint density at radius 1 is 1.29 bits per heavy atom. The monoisotopic (exact) mass is 334 g/mol. The first-order valence-electron chi connectivity index (χ1n) is 7.88. The van der Waals surface area contributed by atoms with Crippen molar-refractivity contribution in [1.82, 2.24) is 19.7 Å². The van der Waals surface area contributed by atoms with Crippen LogP contribution in [-0.2, 0) is 26.2 Å². The molecule has 0 aliphatic carbocycles. The molecule has 8 nitrogen and oxygen atoms in total. The number of aromatic nitrogens is 3. The van der Waals surface area contributed by atoms with Gasteiger partial charge in [0.05, 0.1) is 36.8 Å². The van der Waals surface area contributed by atoms with Gasteiger partial charge in [0.25, 0.3) is 0 Å². The van der Waals surface area contributed by atoms with Gasteiger partial charge in [-0.2, -0.15) is 5.10 Å². The number of aliphatic hydroxyl groups excluding tert-OH is 3. The minimum atomic E-state index is -0.968. The highest BCUT2D eigenvalue weighted by Gasteiger charge is 2.23. The van der Waals surface area contributed by atoms with Gasteiger partial charge in [-0.3, -0.25) is 14.6 Å². The molecule has 0 aromatic carbocycles. The summed E-state index contributed by atoms with van der Waals surface area (Å²) in [5.41, 5.74) is 3.26. The molecule has 0 saturated heterocycles. The predicted molar refractivity (Wildman–Crippen MR) is 84.9 cm³/mol. The maximum atomic E-state index is 10.3. The Balaban J connectivity index is 1.79. The minimum absolute atomic E-state index is 0.122. The maximum absolute atomic E-state index is 10.3. The van der Waals surface area contributed by atoms with Gasteiger partial charge in [-0.05, 0) is 13.0 Å². The molecule has 2 aromatic rings. The summed E-state index contributed by atoms with van der Waals surface area (Å²) < 4.78 is 1.83. The van der Waals surface area contributed by atoms with E-state index in [4.69, 9.17) is 5.11 Å². The zero-order valence-electron chi connectivity index (χ0n) is 13.6. The first-order valence-corrected chi connectivity index (χ1v) is 7.88. The first kappa shape index (κ1) is 16.8. The fourth-order valence-electron chi connectivity index (χ4n) is 2.95. The van der Waals surface area contributed by atoms with Gasteiger partial charge in [0.2, 0.25) is 0 Å². The first-order chi connectivity index (χ1) is 11.5. The molecule has 4 N–H and O–H groups in total. The van der Waals surface area contributed by atoms with Crippen LogP contribution in [0.2, 0.25) is 0 Å². The number of aryl methyl sites for hydroxylation is 1. The molecule has 0 unspecified atom stereocenters. The number of fused-ring (bicyclic) bond motifs is 1. The molecule has 0 spiro atoms. The van der Waals surface area contributed by atoms with Crippen molar-refractivity contribution in [1.29, 1.82) is 0 Å². The topological polar surface area (TPSA) is 115 Å². The lowest BCUT2D eigenvalue weighted by atomic mass is 10.1. The summed E-state index contributed by atoms with van der Waals surface area (Å²) in [6.45, 7) is 3.69. The Labute approximate surface area is 139 Å². The molecule has 0 bridgehead atoms. The van der Waals surface area contributed by atoms with E-state index < -0.39 is 6.10 Å². The highest BCUT2D eigenvalue weighted by atomic mass is 16.3. The second kappa shape index (κ2) is 6.86. The second-order valence-electron chi connectivity index (χ2n) is 6.05. The fourth-order valence-corrected chi connectivity index (χ4v) is 2.95. The Kier molecular flexibility index (Phi) is 4.81. The average Bonchev–Trinajstić information content (AvgIpc) is 3.02. The summed E-state index contributed by atoms with van der Waals surface area (Å²) in [6, 6.07) is 1.79. The molecule has 0 amide bonds. The van der Waals surface area contributed by atoms with Crippen LogP contribution in [0.25, 0.3) is 0 Å². The Morgan fingerprint density at radius 3 is 2.79 bits per heavy atom. The van der Waals surface area contributed by atoms with Crippen molar-refractivity contribution in [3.63, 3.8) is 0 Å². The number of nitrogens with zero attached hydrogens (tertiary/aromatic N) is 4. The largest absolute Gasteiger partial charge is 0.506 e. The van der Waals surface area contributed by atoms with Gasteiger partial charge in [0.15, 0.2) is 0 Å². The Bertz CT molecular complexity index is 731. The van der Waals surface area contributed by atoms with E-state index >= 15 is 0 Å². The van der Waals surface area contributed by atoms with Crippen molar-refractivity contribution < 1.29 is 20.4 Å². The normalized spacial score (nSPS) is 16.2. The third-order valence-electron chi connectivity index (χ3n) is 4.39. The fraction of sp³-hybridized carbons (Fsp3) is 0.500. The van der Waals surface area contributed by atoms with Crippen molar-refractivity contribution in [2.24, 2.45) is 0 Å². The summed E-state index contributed by atoms with van der Waals surface area (Å²) in [5.74, 6) is 0.122. The van der Waals surface area contributed by atoms with Crippen LogP contribution in [0.15, 0.2) is 12.3 Å². The number of aromatic hydroxyl groups is 1. The molecule has 1 atom stereocenters. The zero-order chi connectivity index (χ0) is 17.3. The molecule has 8 heteroatoms. The van der Waals surface area contributed by atoms with Crippen molar-refractivity contribution in [2.45, 2.75) is 39.3 Å². The highest BCUT2D eigenvalue weighted by Crippen LogP contribution is 2.27. The lowest BCUT2D eigenvalue weighted by Gasteiger charge is -2.28. The molecule has 1 aliphatic heterocycles.